The zero-order chi connectivity index (χ0) is 43.4. The van der Waals surface area contributed by atoms with Crippen molar-refractivity contribution in [2.75, 3.05) is 57.4 Å². The fourth-order valence-electron chi connectivity index (χ4n) is 8.19. The van der Waals surface area contributed by atoms with Crippen molar-refractivity contribution in [2.45, 2.75) is 82.7 Å². The molecule has 326 valence electrons. The van der Waals surface area contributed by atoms with Crippen LogP contribution in [0.4, 0.5) is 15.8 Å². The van der Waals surface area contributed by atoms with Gasteiger partial charge in [-0.3, -0.25) is 19.8 Å². The van der Waals surface area contributed by atoms with E-state index in [9.17, 15) is 23.3 Å². The molecule has 0 radical (unpaired) electrons. The lowest BCUT2D eigenvalue weighted by Crippen LogP contribution is -2.47. The number of carbonyl (C=O) groups is 1. The molecule has 2 aliphatic heterocycles. The van der Waals surface area contributed by atoms with Crippen molar-refractivity contribution in [3.05, 3.63) is 99.9 Å². The number of halogens is 1. The van der Waals surface area contributed by atoms with Gasteiger partial charge in [-0.05, 0) is 80.3 Å². The van der Waals surface area contributed by atoms with Crippen LogP contribution in [0.5, 0.6) is 17.2 Å². The SMILES string of the molecule is C=C(CC)CCC1=C(CN2CCN(c3ccc(C(=O)NS(=O)(=O)c4ccc(OCC5(F)CCOCC5)c([N+](=O)[O-])c4)c(Oc4cnc5[nH]ccc5c4)c3)CC2)CCC(C)(C)C1. The topological polar surface area (TPSA) is 169 Å². The first-order valence-electron chi connectivity index (χ1n) is 20.9. The number of nitro benzene ring substituents is 1. The second-order valence-corrected chi connectivity index (χ2v) is 18.8. The zero-order valence-electron chi connectivity index (χ0n) is 35.1. The molecule has 2 aromatic heterocycles. The fraction of sp³-hybridized carbons (Fsp3) is 0.467. The lowest BCUT2D eigenvalue weighted by atomic mass is 9.73. The Morgan fingerprint density at radius 2 is 1.82 bits per heavy atom. The van der Waals surface area contributed by atoms with Gasteiger partial charge in [0.2, 0.25) is 0 Å². The van der Waals surface area contributed by atoms with Crippen molar-refractivity contribution in [3.8, 4) is 17.2 Å². The quantitative estimate of drug-likeness (QED) is 0.0628. The number of ether oxygens (including phenoxy) is 3. The summed E-state index contributed by atoms with van der Waals surface area (Å²) in [7, 11) is -4.65. The first kappa shape index (κ1) is 43.8. The highest BCUT2D eigenvalue weighted by Crippen LogP contribution is 2.41. The molecule has 16 heteroatoms. The molecule has 2 N–H and O–H groups in total. The Bertz CT molecular complexity index is 2420. The number of rotatable bonds is 16. The number of amides is 1. The maximum Gasteiger partial charge on any atom is 0.312 e. The largest absolute Gasteiger partial charge is 0.483 e. The molecule has 0 unspecified atom stereocenters. The molecule has 1 aliphatic carbocycles. The highest BCUT2D eigenvalue weighted by Gasteiger charge is 2.35. The molecule has 0 spiro atoms. The molecule has 2 fully saturated rings. The Labute approximate surface area is 356 Å². The number of nitrogens with one attached hydrogen (secondary N) is 2. The number of benzene rings is 2. The third kappa shape index (κ3) is 10.8. The van der Waals surface area contributed by atoms with Crippen LogP contribution in [0.1, 0.15) is 82.5 Å². The number of carbonyl (C=O) groups excluding carboxylic acids is 1. The fourth-order valence-corrected chi connectivity index (χ4v) is 9.17. The number of nitro groups is 1. The first-order chi connectivity index (χ1) is 29.1. The number of sulfonamides is 1. The van der Waals surface area contributed by atoms with Gasteiger partial charge in [-0.2, -0.15) is 0 Å². The van der Waals surface area contributed by atoms with E-state index in [0.29, 0.717) is 16.8 Å². The maximum absolute atomic E-state index is 15.2. The highest BCUT2D eigenvalue weighted by molar-refractivity contribution is 7.90. The number of allylic oxidation sites excluding steroid dienone is 2. The standard InChI is InChI=1S/C45H55FN6O8S/c1-5-31(2)6-7-33-27-44(3,4)14-12-34(33)29-50-18-20-51(21-19-50)35-8-10-38(41(25-35)60-36-24-32-13-17-47-42(32)48-28-36)43(53)49-61(56,57)37-9-11-40(39(26-37)52(54)55)59-30-45(46)15-22-58-23-16-45/h8-11,13,17,24-26,28H,2,5-7,12,14-16,18-23,27,29-30H2,1,3-4H3,(H,47,48)(H,49,53). The van der Waals surface area contributed by atoms with Gasteiger partial charge in [0.1, 0.15) is 29.4 Å². The molecule has 61 heavy (non-hydrogen) atoms. The smallest absolute Gasteiger partial charge is 0.312 e. The summed E-state index contributed by atoms with van der Waals surface area (Å²) in [5.41, 5.74) is 3.67. The van der Waals surface area contributed by atoms with Crippen molar-refractivity contribution >= 4 is 38.3 Å². The lowest BCUT2D eigenvalue weighted by Gasteiger charge is -2.39. The number of anilines is 1. The average molecular weight is 859 g/mol. The molecule has 2 saturated heterocycles. The van der Waals surface area contributed by atoms with Crippen LogP contribution in [0, 0.1) is 15.5 Å². The Hall–Kier alpha value is -5.32. The number of hydrogen-bond acceptors (Lipinski definition) is 11. The Morgan fingerprint density at radius 3 is 2.56 bits per heavy atom. The number of pyridine rings is 1. The number of aromatic nitrogens is 2. The van der Waals surface area contributed by atoms with Crippen LogP contribution in [0.25, 0.3) is 11.0 Å². The number of alkyl halides is 1. The van der Waals surface area contributed by atoms with Crippen LogP contribution in [0.3, 0.4) is 0 Å². The highest BCUT2D eigenvalue weighted by atomic mass is 32.2. The van der Waals surface area contributed by atoms with E-state index in [1.807, 2.05) is 6.07 Å². The molecular weight excluding hydrogens is 804 g/mol. The predicted molar refractivity (Wildman–Crippen MR) is 232 cm³/mol. The Morgan fingerprint density at radius 1 is 1.05 bits per heavy atom. The Balaban J connectivity index is 1.08. The van der Waals surface area contributed by atoms with Gasteiger partial charge in [-0.1, -0.05) is 44.1 Å². The lowest BCUT2D eigenvalue weighted by molar-refractivity contribution is -0.386. The first-order valence-corrected chi connectivity index (χ1v) is 22.4. The van der Waals surface area contributed by atoms with E-state index in [0.717, 1.165) is 94.1 Å². The second-order valence-electron chi connectivity index (χ2n) is 17.2. The van der Waals surface area contributed by atoms with E-state index in [-0.39, 0.29) is 43.1 Å². The molecule has 0 bridgehead atoms. The zero-order valence-corrected chi connectivity index (χ0v) is 36.0. The summed E-state index contributed by atoms with van der Waals surface area (Å²) in [6, 6.07) is 11.5. The van der Waals surface area contributed by atoms with Crippen molar-refractivity contribution in [2.24, 2.45) is 5.41 Å². The summed E-state index contributed by atoms with van der Waals surface area (Å²) in [5, 5.41) is 12.8. The van der Waals surface area contributed by atoms with Crippen molar-refractivity contribution in [3.63, 3.8) is 0 Å². The van der Waals surface area contributed by atoms with Crippen LogP contribution < -0.4 is 19.1 Å². The van der Waals surface area contributed by atoms with Gasteiger partial charge in [0, 0.05) is 88.2 Å². The average Bonchev–Trinajstić information content (AvgIpc) is 3.71. The van der Waals surface area contributed by atoms with Crippen LogP contribution in [-0.4, -0.2) is 92.3 Å². The maximum atomic E-state index is 15.2. The van der Waals surface area contributed by atoms with E-state index >= 15 is 4.39 Å². The Kier molecular flexibility index (Phi) is 13.2. The molecule has 7 rings (SSSR count). The molecule has 0 saturated carbocycles. The second kappa shape index (κ2) is 18.3. The number of H-pyrrole nitrogens is 1. The van der Waals surface area contributed by atoms with E-state index < -0.39 is 43.7 Å². The molecule has 4 aromatic rings. The minimum absolute atomic E-state index is 0.0642. The molecule has 14 nitrogen and oxygen atoms in total. The summed E-state index contributed by atoms with van der Waals surface area (Å²) in [6.45, 7) is 15.2. The van der Waals surface area contributed by atoms with Gasteiger partial charge in [0.05, 0.1) is 21.6 Å². The third-order valence-corrected chi connectivity index (χ3v) is 13.4. The minimum atomic E-state index is -4.65. The third-order valence-electron chi connectivity index (χ3n) is 12.1. The van der Waals surface area contributed by atoms with Gasteiger partial charge in [-0.25, -0.2) is 22.5 Å². The monoisotopic (exact) mass is 858 g/mol. The summed E-state index contributed by atoms with van der Waals surface area (Å²) in [6.07, 6.45) is 9.89. The van der Waals surface area contributed by atoms with Gasteiger partial charge in [0.25, 0.3) is 15.9 Å². The molecular formula is C45H55FN6O8S. The van der Waals surface area contributed by atoms with Crippen LogP contribution >= 0.6 is 0 Å². The minimum Gasteiger partial charge on any atom is -0.483 e. The number of nitrogens with zero attached hydrogens (tertiary/aromatic N) is 4. The number of fused-ring (bicyclic) bond motifs is 1. The molecule has 3 aliphatic rings. The van der Waals surface area contributed by atoms with E-state index in [2.05, 4.69) is 51.8 Å². The molecule has 2 aromatic carbocycles. The van der Waals surface area contributed by atoms with Gasteiger partial charge in [0.15, 0.2) is 5.75 Å². The summed E-state index contributed by atoms with van der Waals surface area (Å²) in [5.74, 6) is -0.880. The van der Waals surface area contributed by atoms with Gasteiger partial charge < -0.3 is 24.1 Å². The van der Waals surface area contributed by atoms with Crippen LogP contribution in [-0.2, 0) is 14.8 Å². The van der Waals surface area contributed by atoms with Crippen molar-refractivity contribution in [1.82, 2.24) is 19.6 Å². The molecule has 0 atom stereocenters. The van der Waals surface area contributed by atoms with Gasteiger partial charge >= 0.3 is 5.69 Å². The summed E-state index contributed by atoms with van der Waals surface area (Å²) in [4.78, 5) is 36.7. The van der Waals surface area contributed by atoms with Crippen LogP contribution in [0.15, 0.2) is 89.1 Å². The summed E-state index contributed by atoms with van der Waals surface area (Å²) >= 11 is 0. The normalized spacial score (nSPS) is 18.2. The van der Waals surface area contributed by atoms with Crippen molar-refractivity contribution < 1.29 is 36.7 Å². The van der Waals surface area contributed by atoms with E-state index in [1.54, 1.807) is 35.5 Å². The predicted octanol–water partition coefficient (Wildman–Crippen LogP) is 8.65. The van der Waals surface area contributed by atoms with Crippen molar-refractivity contribution in [1.29, 1.82) is 0 Å². The van der Waals surface area contributed by atoms with Crippen LogP contribution in [0.2, 0.25) is 0 Å². The summed E-state index contributed by atoms with van der Waals surface area (Å²) < 4.78 is 61.4. The molecule has 1 amide bonds. The van der Waals surface area contributed by atoms with E-state index in [4.69, 9.17) is 14.2 Å². The number of hydrogen-bond donors (Lipinski definition) is 2. The number of aromatic amines is 1. The molecule has 4 heterocycles. The van der Waals surface area contributed by atoms with Gasteiger partial charge in [-0.15, -0.1) is 0 Å². The van der Waals surface area contributed by atoms with E-state index in [1.165, 1.54) is 24.3 Å². The number of piperazine rings is 1.